The van der Waals surface area contributed by atoms with Gasteiger partial charge in [-0.3, -0.25) is 0 Å². The molecule has 13 heavy (non-hydrogen) atoms. The van der Waals surface area contributed by atoms with E-state index in [-0.39, 0.29) is 0 Å². The topological polar surface area (TPSA) is 20.2 Å². The Balaban J connectivity index is 2.71. The van der Waals surface area contributed by atoms with E-state index in [1.54, 1.807) is 11.1 Å². The van der Waals surface area contributed by atoms with Crippen LogP contribution in [0.4, 0.5) is 0 Å². The van der Waals surface area contributed by atoms with Gasteiger partial charge in [0.2, 0.25) is 0 Å². The molecule has 0 heterocycles. The molecule has 1 rings (SSSR count). The molecule has 76 valence electrons. The first-order valence-electron chi connectivity index (χ1n) is 5.39. The summed E-state index contributed by atoms with van der Waals surface area (Å²) in [6.07, 6.45) is 5.90. The first-order chi connectivity index (χ1) is 6.13. The molecule has 0 aromatic heterocycles. The van der Waals surface area contributed by atoms with Crippen LogP contribution in [0.2, 0.25) is 0 Å². The number of rotatable bonds is 3. The van der Waals surface area contributed by atoms with E-state index in [9.17, 15) is 0 Å². The highest BCUT2D eigenvalue weighted by atomic mass is 16.3. The fraction of sp³-hybridized carbons (Fsp3) is 0.833. The van der Waals surface area contributed by atoms with E-state index in [4.69, 9.17) is 5.11 Å². The van der Waals surface area contributed by atoms with Crippen molar-refractivity contribution in [2.24, 2.45) is 5.41 Å². The Morgan fingerprint density at radius 2 is 2.00 bits per heavy atom. The standard InChI is InChI=1S/C12H22O/c1-4-12(7-8-13)6-5-10(2)11(3)9-12/h13H,4-9H2,1-3H3. The first-order valence-corrected chi connectivity index (χ1v) is 5.39. The fourth-order valence-electron chi connectivity index (χ4n) is 2.40. The van der Waals surface area contributed by atoms with Crippen LogP contribution in [0.25, 0.3) is 0 Å². The van der Waals surface area contributed by atoms with Crippen LogP contribution in [0.1, 0.15) is 52.9 Å². The molecular weight excluding hydrogens is 160 g/mol. The van der Waals surface area contributed by atoms with Crippen molar-refractivity contribution in [2.75, 3.05) is 6.61 Å². The van der Waals surface area contributed by atoms with Crippen LogP contribution in [-0.4, -0.2) is 11.7 Å². The minimum Gasteiger partial charge on any atom is -0.396 e. The third-order valence-electron chi connectivity index (χ3n) is 3.79. The lowest BCUT2D eigenvalue weighted by Crippen LogP contribution is -2.25. The number of allylic oxidation sites excluding steroid dienone is 2. The van der Waals surface area contributed by atoms with Crippen LogP contribution in [0.5, 0.6) is 0 Å². The predicted molar refractivity (Wildman–Crippen MR) is 56.7 cm³/mol. The Labute approximate surface area is 81.9 Å². The molecule has 1 heteroatoms. The molecule has 1 nitrogen and oxygen atoms in total. The van der Waals surface area contributed by atoms with E-state index in [1.165, 1.54) is 25.7 Å². The van der Waals surface area contributed by atoms with E-state index in [0.29, 0.717) is 12.0 Å². The highest BCUT2D eigenvalue weighted by Crippen LogP contribution is 2.43. The van der Waals surface area contributed by atoms with Gasteiger partial charge in [-0.2, -0.15) is 0 Å². The smallest absolute Gasteiger partial charge is 0.0436 e. The van der Waals surface area contributed by atoms with Gasteiger partial charge in [0.1, 0.15) is 0 Å². The molecule has 1 atom stereocenters. The molecule has 0 aromatic carbocycles. The maximum atomic E-state index is 9.05. The van der Waals surface area contributed by atoms with Gasteiger partial charge in [0, 0.05) is 6.61 Å². The number of aliphatic hydroxyl groups is 1. The lowest BCUT2D eigenvalue weighted by Gasteiger charge is -2.37. The number of hydrogen-bond donors (Lipinski definition) is 1. The van der Waals surface area contributed by atoms with Gasteiger partial charge in [0.05, 0.1) is 0 Å². The first kappa shape index (κ1) is 10.8. The minimum atomic E-state index is 0.347. The highest BCUT2D eigenvalue weighted by molar-refractivity contribution is 5.16. The van der Waals surface area contributed by atoms with Crippen molar-refractivity contribution in [2.45, 2.75) is 52.9 Å². The van der Waals surface area contributed by atoms with Gasteiger partial charge in [-0.1, -0.05) is 24.5 Å². The maximum absolute atomic E-state index is 9.05. The molecule has 0 saturated heterocycles. The molecule has 0 radical (unpaired) electrons. The van der Waals surface area contributed by atoms with Gasteiger partial charge >= 0.3 is 0 Å². The van der Waals surface area contributed by atoms with Crippen LogP contribution in [-0.2, 0) is 0 Å². The molecule has 1 N–H and O–H groups in total. The zero-order chi connectivity index (χ0) is 9.90. The summed E-state index contributed by atoms with van der Waals surface area (Å²) >= 11 is 0. The summed E-state index contributed by atoms with van der Waals surface area (Å²) in [4.78, 5) is 0. The predicted octanol–water partition coefficient (Wildman–Crippen LogP) is 3.29. The molecule has 0 amide bonds. The van der Waals surface area contributed by atoms with Crippen molar-refractivity contribution in [3.05, 3.63) is 11.1 Å². The monoisotopic (exact) mass is 182 g/mol. The summed E-state index contributed by atoms with van der Waals surface area (Å²) in [6, 6.07) is 0. The fourth-order valence-corrected chi connectivity index (χ4v) is 2.40. The molecule has 0 aliphatic heterocycles. The third-order valence-corrected chi connectivity index (χ3v) is 3.79. The average molecular weight is 182 g/mol. The van der Waals surface area contributed by atoms with E-state index >= 15 is 0 Å². The molecule has 0 spiro atoms. The van der Waals surface area contributed by atoms with Crippen molar-refractivity contribution in [1.29, 1.82) is 0 Å². The second-order valence-electron chi connectivity index (χ2n) is 4.56. The van der Waals surface area contributed by atoms with Crippen molar-refractivity contribution in [3.8, 4) is 0 Å². The van der Waals surface area contributed by atoms with E-state index in [0.717, 1.165) is 6.42 Å². The van der Waals surface area contributed by atoms with Crippen LogP contribution in [0.3, 0.4) is 0 Å². The lowest BCUT2D eigenvalue weighted by atomic mass is 9.69. The van der Waals surface area contributed by atoms with Gasteiger partial charge in [-0.05, 0) is 44.9 Å². The quantitative estimate of drug-likeness (QED) is 0.664. The Hall–Kier alpha value is -0.300. The second kappa shape index (κ2) is 4.28. The number of aliphatic hydroxyl groups excluding tert-OH is 1. The molecule has 1 aliphatic carbocycles. The number of hydrogen-bond acceptors (Lipinski definition) is 1. The summed E-state index contributed by atoms with van der Waals surface area (Å²) in [5.41, 5.74) is 3.54. The van der Waals surface area contributed by atoms with E-state index in [2.05, 4.69) is 20.8 Å². The van der Waals surface area contributed by atoms with E-state index < -0.39 is 0 Å². The summed E-state index contributed by atoms with van der Waals surface area (Å²) in [5.74, 6) is 0. The highest BCUT2D eigenvalue weighted by Gasteiger charge is 2.30. The molecule has 0 bridgehead atoms. The Morgan fingerprint density at radius 3 is 2.46 bits per heavy atom. The zero-order valence-corrected chi connectivity index (χ0v) is 9.19. The summed E-state index contributed by atoms with van der Waals surface area (Å²) in [5, 5.41) is 9.05. The van der Waals surface area contributed by atoms with Crippen LogP contribution in [0, 0.1) is 5.41 Å². The van der Waals surface area contributed by atoms with Gasteiger partial charge in [-0.15, -0.1) is 0 Å². The normalized spacial score (nSPS) is 29.5. The van der Waals surface area contributed by atoms with Crippen molar-refractivity contribution in [1.82, 2.24) is 0 Å². The Morgan fingerprint density at radius 1 is 1.31 bits per heavy atom. The van der Waals surface area contributed by atoms with Gasteiger partial charge in [0.15, 0.2) is 0 Å². The van der Waals surface area contributed by atoms with Gasteiger partial charge in [0.25, 0.3) is 0 Å². The van der Waals surface area contributed by atoms with Gasteiger partial charge < -0.3 is 5.11 Å². The second-order valence-corrected chi connectivity index (χ2v) is 4.56. The Bertz CT molecular complexity index is 205. The zero-order valence-electron chi connectivity index (χ0n) is 9.19. The van der Waals surface area contributed by atoms with E-state index in [1.807, 2.05) is 0 Å². The van der Waals surface area contributed by atoms with Crippen LogP contribution < -0.4 is 0 Å². The SMILES string of the molecule is CCC1(CCO)CCC(C)=C(C)C1. The van der Waals surface area contributed by atoms with Crippen LogP contribution >= 0.6 is 0 Å². The maximum Gasteiger partial charge on any atom is 0.0436 e. The summed E-state index contributed by atoms with van der Waals surface area (Å²) in [6.45, 7) is 7.09. The lowest BCUT2D eigenvalue weighted by molar-refractivity contribution is 0.154. The third kappa shape index (κ3) is 2.34. The van der Waals surface area contributed by atoms with Crippen LogP contribution in [0.15, 0.2) is 11.1 Å². The van der Waals surface area contributed by atoms with Crippen molar-refractivity contribution >= 4 is 0 Å². The molecular formula is C12H22O. The minimum absolute atomic E-state index is 0.347. The Kier molecular flexibility index (Phi) is 3.55. The molecule has 0 saturated carbocycles. The molecule has 1 unspecified atom stereocenters. The molecule has 1 aliphatic rings. The summed E-state index contributed by atoms with van der Waals surface area (Å²) in [7, 11) is 0. The summed E-state index contributed by atoms with van der Waals surface area (Å²) < 4.78 is 0. The van der Waals surface area contributed by atoms with Crippen molar-refractivity contribution in [3.63, 3.8) is 0 Å². The molecule has 0 aromatic rings. The average Bonchev–Trinajstić information content (AvgIpc) is 2.12. The van der Waals surface area contributed by atoms with Crippen molar-refractivity contribution < 1.29 is 5.11 Å². The largest absolute Gasteiger partial charge is 0.396 e. The molecule has 0 fully saturated rings. The van der Waals surface area contributed by atoms with Gasteiger partial charge in [-0.25, -0.2) is 0 Å².